The Morgan fingerprint density at radius 3 is 2.55 bits per heavy atom. The fourth-order valence-corrected chi connectivity index (χ4v) is 2.30. The van der Waals surface area contributed by atoms with E-state index < -0.39 is 0 Å². The Balaban J connectivity index is 1.95. The molecular weight excluding hydrogens is 270 g/mol. The average molecular weight is 284 g/mol. The highest BCUT2D eigenvalue weighted by molar-refractivity contribution is 6.31. The Bertz CT molecular complexity index is 717. The molecule has 20 heavy (non-hydrogen) atoms. The molecule has 0 bridgehead atoms. The zero-order chi connectivity index (χ0) is 13.9. The number of aromatic nitrogens is 3. The van der Waals surface area contributed by atoms with Gasteiger partial charge >= 0.3 is 0 Å². The summed E-state index contributed by atoms with van der Waals surface area (Å²) in [6.07, 6.45) is 1.73. The Labute approximate surface area is 122 Å². The first kappa shape index (κ1) is 12.9. The fourth-order valence-electron chi connectivity index (χ4n) is 2.11. The monoisotopic (exact) mass is 283 g/mol. The van der Waals surface area contributed by atoms with Gasteiger partial charge in [0, 0.05) is 10.6 Å². The van der Waals surface area contributed by atoms with E-state index in [0.717, 1.165) is 22.0 Å². The van der Waals surface area contributed by atoms with Crippen LogP contribution in [0.15, 0.2) is 54.9 Å². The minimum absolute atomic E-state index is 0.663. The quantitative estimate of drug-likeness (QED) is 0.728. The van der Waals surface area contributed by atoms with Crippen molar-refractivity contribution < 1.29 is 0 Å². The summed E-state index contributed by atoms with van der Waals surface area (Å²) in [7, 11) is 0. The van der Waals surface area contributed by atoms with Gasteiger partial charge in [0.15, 0.2) is 5.82 Å². The molecule has 0 saturated carbocycles. The van der Waals surface area contributed by atoms with Gasteiger partial charge in [-0.3, -0.25) is 0 Å². The van der Waals surface area contributed by atoms with Crippen LogP contribution in [-0.4, -0.2) is 14.8 Å². The van der Waals surface area contributed by atoms with E-state index in [1.807, 2.05) is 28.8 Å². The van der Waals surface area contributed by atoms with Crippen molar-refractivity contribution in [3.8, 4) is 11.4 Å². The van der Waals surface area contributed by atoms with Gasteiger partial charge in [-0.15, -0.1) is 10.2 Å². The number of benzene rings is 2. The molecule has 0 fully saturated rings. The van der Waals surface area contributed by atoms with E-state index in [2.05, 4.69) is 41.4 Å². The third-order valence-corrected chi connectivity index (χ3v) is 3.59. The van der Waals surface area contributed by atoms with Crippen LogP contribution in [0.2, 0.25) is 5.02 Å². The maximum Gasteiger partial charge on any atom is 0.164 e. The van der Waals surface area contributed by atoms with E-state index in [9.17, 15) is 0 Å². The second-order valence-electron chi connectivity index (χ2n) is 4.74. The highest BCUT2D eigenvalue weighted by Crippen LogP contribution is 2.21. The lowest BCUT2D eigenvalue weighted by Crippen LogP contribution is -2.01. The maximum atomic E-state index is 6.21. The lowest BCUT2D eigenvalue weighted by Gasteiger charge is -2.08. The molecule has 3 nitrogen and oxygen atoms in total. The average Bonchev–Trinajstić information content (AvgIpc) is 2.90. The molecule has 0 N–H and O–H groups in total. The van der Waals surface area contributed by atoms with Crippen molar-refractivity contribution in [2.45, 2.75) is 13.5 Å². The Hall–Kier alpha value is -2.13. The molecule has 0 amide bonds. The number of nitrogens with zero attached hydrogens (tertiary/aromatic N) is 3. The van der Waals surface area contributed by atoms with Gasteiger partial charge in [-0.05, 0) is 18.6 Å². The molecule has 0 radical (unpaired) electrons. The summed E-state index contributed by atoms with van der Waals surface area (Å²) in [5, 5.41) is 8.99. The fraction of sp³-hybridized carbons (Fsp3) is 0.125. The topological polar surface area (TPSA) is 30.7 Å². The van der Waals surface area contributed by atoms with E-state index in [4.69, 9.17) is 11.6 Å². The lowest BCUT2D eigenvalue weighted by atomic mass is 10.1. The molecule has 0 atom stereocenters. The van der Waals surface area contributed by atoms with Gasteiger partial charge < -0.3 is 4.57 Å². The molecule has 1 aromatic heterocycles. The minimum atomic E-state index is 0.663. The van der Waals surface area contributed by atoms with Crippen LogP contribution in [0, 0.1) is 6.92 Å². The Kier molecular flexibility index (Phi) is 3.52. The zero-order valence-corrected chi connectivity index (χ0v) is 11.9. The van der Waals surface area contributed by atoms with Gasteiger partial charge in [-0.1, -0.05) is 59.6 Å². The van der Waals surface area contributed by atoms with Gasteiger partial charge in [0.1, 0.15) is 6.33 Å². The Morgan fingerprint density at radius 1 is 1.05 bits per heavy atom. The molecular formula is C16H14ClN3. The van der Waals surface area contributed by atoms with Crippen LogP contribution in [0.25, 0.3) is 11.4 Å². The van der Waals surface area contributed by atoms with Crippen LogP contribution in [0.5, 0.6) is 0 Å². The van der Waals surface area contributed by atoms with Gasteiger partial charge in [0.2, 0.25) is 0 Å². The van der Waals surface area contributed by atoms with Crippen LogP contribution in [0.1, 0.15) is 11.1 Å². The molecule has 0 saturated heterocycles. The second-order valence-corrected chi connectivity index (χ2v) is 5.15. The summed E-state index contributed by atoms with van der Waals surface area (Å²) in [5.74, 6) is 0.852. The van der Waals surface area contributed by atoms with Crippen molar-refractivity contribution in [2.24, 2.45) is 0 Å². The van der Waals surface area contributed by atoms with E-state index >= 15 is 0 Å². The number of hydrogen-bond donors (Lipinski definition) is 0. The van der Waals surface area contributed by atoms with Crippen molar-refractivity contribution in [1.29, 1.82) is 0 Å². The van der Waals surface area contributed by atoms with Crippen LogP contribution in [0.3, 0.4) is 0 Å². The van der Waals surface area contributed by atoms with Gasteiger partial charge in [-0.2, -0.15) is 0 Å². The maximum absolute atomic E-state index is 6.21. The van der Waals surface area contributed by atoms with Crippen molar-refractivity contribution in [2.75, 3.05) is 0 Å². The zero-order valence-electron chi connectivity index (χ0n) is 11.1. The number of halogens is 1. The van der Waals surface area contributed by atoms with Crippen molar-refractivity contribution >= 4 is 11.6 Å². The number of hydrogen-bond acceptors (Lipinski definition) is 2. The predicted octanol–water partition coefficient (Wildman–Crippen LogP) is 3.96. The summed E-state index contributed by atoms with van der Waals surface area (Å²) in [6, 6.07) is 16.1. The first-order valence-corrected chi connectivity index (χ1v) is 6.80. The number of aryl methyl sites for hydroxylation is 1. The molecule has 100 valence electrons. The summed E-state index contributed by atoms with van der Waals surface area (Å²) >= 11 is 6.21. The summed E-state index contributed by atoms with van der Waals surface area (Å²) < 4.78 is 2.01. The molecule has 3 aromatic rings. The van der Waals surface area contributed by atoms with Crippen LogP contribution in [0.4, 0.5) is 0 Å². The highest BCUT2D eigenvalue weighted by atomic mass is 35.5. The normalized spacial score (nSPS) is 10.7. The lowest BCUT2D eigenvalue weighted by molar-refractivity contribution is 0.803. The smallest absolute Gasteiger partial charge is 0.164 e. The van der Waals surface area contributed by atoms with Gasteiger partial charge in [0.25, 0.3) is 0 Å². The summed E-state index contributed by atoms with van der Waals surface area (Å²) in [4.78, 5) is 0. The van der Waals surface area contributed by atoms with Crippen LogP contribution >= 0.6 is 11.6 Å². The molecule has 0 unspecified atom stereocenters. The molecule has 0 aliphatic heterocycles. The van der Waals surface area contributed by atoms with E-state index in [0.29, 0.717) is 6.54 Å². The second kappa shape index (κ2) is 5.47. The van der Waals surface area contributed by atoms with Gasteiger partial charge in [0.05, 0.1) is 6.54 Å². The molecule has 3 rings (SSSR count). The SMILES string of the molecule is Cc1ccc(-c2nncn2Cc2ccccc2Cl)cc1. The summed E-state index contributed by atoms with van der Waals surface area (Å²) in [5.41, 5.74) is 3.34. The first-order chi connectivity index (χ1) is 9.74. The standard InChI is InChI=1S/C16H14ClN3/c1-12-6-8-13(9-7-12)16-19-18-11-20(16)10-14-4-2-3-5-15(14)17/h2-9,11H,10H2,1H3. The first-order valence-electron chi connectivity index (χ1n) is 6.42. The predicted molar refractivity (Wildman–Crippen MR) is 80.7 cm³/mol. The molecule has 1 heterocycles. The third-order valence-electron chi connectivity index (χ3n) is 3.22. The Morgan fingerprint density at radius 2 is 1.80 bits per heavy atom. The largest absolute Gasteiger partial charge is 0.309 e. The van der Waals surface area contributed by atoms with E-state index in [-0.39, 0.29) is 0 Å². The van der Waals surface area contributed by atoms with Gasteiger partial charge in [-0.25, -0.2) is 0 Å². The molecule has 0 spiro atoms. The van der Waals surface area contributed by atoms with Crippen molar-refractivity contribution in [3.63, 3.8) is 0 Å². The van der Waals surface area contributed by atoms with E-state index in [1.54, 1.807) is 6.33 Å². The van der Waals surface area contributed by atoms with Crippen molar-refractivity contribution in [1.82, 2.24) is 14.8 Å². The molecule has 2 aromatic carbocycles. The third kappa shape index (κ3) is 2.58. The minimum Gasteiger partial charge on any atom is -0.309 e. The molecule has 0 aliphatic carbocycles. The summed E-state index contributed by atoms with van der Waals surface area (Å²) in [6.45, 7) is 2.73. The highest BCUT2D eigenvalue weighted by Gasteiger charge is 2.08. The van der Waals surface area contributed by atoms with Crippen LogP contribution in [-0.2, 0) is 6.54 Å². The van der Waals surface area contributed by atoms with Crippen LogP contribution < -0.4 is 0 Å². The molecule has 0 aliphatic rings. The number of rotatable bonds is 3. The van der Waals surface area contributed by atoms with E-state index in [1.165, 1.54) is 5.56 Å². The van der Waals surface area contributed by atoms with Crippen molar-refractivity contribution in [3.05, 3.63) is 71.0 Å². The molecule has 4 heteroatoms.